The lowest BCUT2D eigenvalue weighted by molar-refractivity contribution is 0.720. The number of aryl methyl sites for hydroxylation is 2. The minimum atomic E-state index is 0.431. The average molecular weight is 243 g/mol. The van der Waals surface area contributed by atoms with Crippen molar-refractivity contribution in [1.82, 2.24) is 9.97 Å². The van der Waals surface area contributed by atoms with Gasteiger partial charge in [0.15, 0.2) is 0 Å². The Kier molecular flexibility index (Phi) is 3.42. The van der Waals surface area contributed by atoms with Crippen LogP contribution in [-0.2, 0) is 0 Å². The zero-order valence-electron chi connectivity index (χ0n) is 8.50. The molecular weight excluding hydrogens is 228 g/mol. The molecule has 0 aliphatic rings. The number of aromatic nitrogens is 2. The molecule has 0 aromatic carbocycles. The summed E-state index contributed by atoms with van der Waals surface area (Å²) in [6.45, 7) is 8.24. The Morgan fingerprint density at radius 2 is 1.85 bits per heavy atom. The van der Waals surface area contributed by atoms with E-state index in [1.807, 2.05) is 13.8 Å². The van der Waals surface area contributed by atoms with Gasteiger partial charge in [-0.1, -0.05) is 29.8 Å². The normalized spacial score (nSPS) is 15.5. The summed E-state index contributed by atoms with van der Waals surface area (Å²) < 4.78 is 0. The van der Waals surface area contributed by atoms with Gasteiger partial charge in [0.1, 0.15) is 5.82 Å². The molecule has 0 aliphatic heterocycles. The summed E-state index contributed by atoms with van der Waals surface area (Å²) in [5.74, 6) is 1.29. The van der Waals surface area contributed by atoms with Crippen LogP contribution in [0.25, 0.3) is 0 Å². The minimum absolute atomic E-state index is 0.431. The molecule has 2 unspecified atom stereocenters. The molecule has 1 aromatic rings. The maximum atomic E-state index is 4.41. The summed E-state index contributed by atoms with van der Waals surface area (Å²) in [6.07, 6.45) is 0. The van der Waals surface area contributed by atoms with E-state index < -0.39 is 0 Å². The van der Waals surface area contributed by atoms with E-state index in [1.165, 1.54) is 0 Å². The fraction of sp³-hybridized carbons (Fsp3) is 0.600. The molecule has 72 valence electrons. The van der Waals surface area contributed by atoms with Gasteiger partial charge in [-0.15, -0.1) is 0 Å². The Morgan fingerprint density at radius 1 is 1.23 bits per heavy atom. The van der Waals surface area contributed by atoms with Gasteiger partial charge < -0.3 is 0 Å². The SMILES string of the molecule is Cc1cc(C(C)C(C)Br)nc(C)n1. The molecule has 0 N–H and O–H groups in total. The van der Waals surface area contributed by atoms with Crippen molar-refractivity contribution >= 4 is 15.9 Å². The molecule has 0 radical (unpaired) electrons. The summed E-state index contributed by atoms with van der Waals surface area (Å²) in [4.78, 5) is 9.11. The lowest BCUT2D eigenvalue weighted by Crippen LogP contribution is -2.08. The molecular formula is C10H15BrN2. The highest BCUT2D eigenvalue weighted by Gasteiger charge is 2.13. The molecule has 0 saturated heterocycles. The Labute approximate surface area is 87.9 Å². The van der Waals surface area contributed by atoms with E-state index in [1.54, 1.807) is 0 Å². The first-order valence-electron chi connectivity index (χ1n) is 4.47. The van der Waals surface area contributed by atoms with Gasteiger partial charge in [0, 0.05) is 22.1 Å². The van der Waals surface area contributed by atoms with Crippen LogP contribution in [0, 0.1) is 13.8 Å². The zero-order chi connectivity index (χ0) is 10.0. The molecule has 2 atom stereocenters. The summed E-state index contributed by atoms with van der Waals surface area (Å²) >= 11 is 3.57. The molecule has 0 bridgehead atoms. The van der Waals surface area contributed by atoms with Crippen molar-refractivity contribution in [2.24, 2.45) is 0 Å². The number of hydrogen-bond acceptors (Lipinski definition) is 2. The predicted molar refractivity (Wildman–Crippen MR) is 58.3 cm³/mol. The lowest BCUT2D eigenvalue weighted by Gasteiger charge is -2.14. The second kappa shape index (κ2) is 4.18. The van der Waals surface area contributed by atoms with E-state index in [-0.39, 0.29) is 0 Å². The Morgan fingerprint density at radius 3 is 2.31 bits per heavy atom. The number of nitrogens with zero attached hydrogens (tertiary/aromatic N) is 2. The molecule has 0 spiro atoms. The van der Waals surface area contributed by atoms with Crippen molar-refractivity contribution in [3.8, 4) is 0 Å². The van der Waals surface area contributed by atoms with Gasteiger partial charge in [-0.2, -0.15) is 0 Å². The van der Waals surface area contributed by atoms with Crippen molar-refractivity contribution in [2.75, 3.05) is 0 Å². The van der Waals surface area contributed by atoms with Gasteiger partial charge in [-0.3, -0.25) is 0 Å². The van der Waals surface area contributed by atoms with Crippen LogP contribution in [0.4, 0.5) is 0 Å². The Bertz CT molecular complexity index is 277. The monoisotopic (exact) mass is 242 g/mol. The second-order valence-corrected chi connectivity index (χ2v) is 4.89. The highest BCUT2D eigenvalue weighted by Crippen LogP contribution is 2.22. The van der Waals surface area contributed by atoms with Gasteiger partial charge in [0.05, 0.1) is 0 Å². The van der Waals surface area contributed by atoms with E-state index in [4.69, 9.17) is 0 Å². The minimum Gasteiger partial charge on any atom is -0.239 e. The average Bonchev–Trinajstić information content (AvgIpc) is 2.01. The van der Waals surface area contributed by atoms with Gasteiger partial charge in [0.25, 0.3) is 0 Å². The lowest BCUT2D eigenvalue weighted by atomic mass is 10.0. The van der Waals surface area contributed by atoms with Gasteiger partial charge in [-0.05, 0) is 19.9 Å². The Hall–Kier alpha value is -0.440. The molecule has 1 rings (SSSR count). The van der Waals surface area contributed by atoms with Gasteiger partial charge in [-0.25, -0.2) is 9.97 Å². The van der Waals surface area contributed by atoms with Crippen LogP contribution < -0.4 is 0 Å². The first-order chi connectivity index (χ1) is 6.00. The highest BCUT2D eigenvalue weighted by atomic mass is 79.9. The third-order valence-corrected chi connectivity index (χ3v) is 2.93. The van der Waals surface area contributed by atoms with Crippen molar-refractivity contribution in [2.45, 2.75) is 38.4 Å². The van der Waals surface area contributed by atoms with E-state index >= 15 is 0 Å². The number of alkyl halides is 1. The van der Waals surface area contributed by atoms with Crippen molar-refractivity contribution in [3.05, 3.63) is 23.3 Å². The largest absolute Gasteiger partial charge is 0.239 e. The maximum absolute atomic E-state index is 4.41. The van der Waals surface area contributed by atoms with Crippen molar-refractivity contribution < 1.29 is 0 Å². The van der Waals surface area contributed by atoms with E-state index in [0.717, 1.165) is 17.2 Å². The zero-order valence-corrected chi connectivity index (χ0v) is 10.1. The molecule has 13 heavy (non-hydrogen) atoms. The number of rotatable bonds is 2. The first kappa shape index (κ1) is 10.6. The van der Waals surface area contributed by atoms with Gasteiger partial charge in [0.2, 0.25) is 0 Å². The smallest absolute Gasteiger partial charge is 0.125 e. The first-order valence-corrected chi connectivity index (χ1v) is 5.38. The highest BCUT2D eigenvalue weighted by molar-refractivity contribution is 9.09. The third kappa shape index (κ3) is 2.76. The summed E-state index contributed by atoms with van der Waals surface area (Å²) in [7, 11) is 0. The molecule has 1 heterocycles. The molecule has 3 heteroatoms. The molecule has 2 nitrogen and oxygen atoms in total. The van der Waals surface area contributed by atoms with Crippen LogP contribution >= 0.6 is 15.9 Å². The molecule has 0 fully saturated rings. The standard InChI is InChI=1S/C10H15BrN2/c1-6-5-10(7(2)8(3)11)13-9(4)12-6/h5,7-8H,1-4H3. The third-order valence-electron chi connectivity index (χ3n) is 2.14. The van der Waals surface area contributed by atoms with E-state index in [9.17, 15) is 0 Å². The van der Waals surface area contributed by atoms with Crippen molar-refractivity contribution in [1.29, 1.82) is 0 Å². The van der Waals surface area contributed by atoms with Crippen LogP contribution in [-0.4, -0.2) is 14.8 Å². The molecule has 0 saturated carbocycles. The van der Waals surface area contributed by atoms with E-state index in [0.29, 0.717) is 10.7 Å². The summed E-state index contributed by atoms with van der Waals surface area (Å²) in [5, 5.41) is 0. The van der Waals surface area contributed by atoms with Crippen LogP contribution in [0.5, 0.6) is 0 Å². The van der Waals surface area contributed by atoms with Crippen LogP contribution in [0.15, 0.2) is 6.07 Å². The second-order valence-electron chi connectivity index (χ2n) is 3.45. The summed E-state index contributed by atoms with van der Waals surface area (Å²) in [6, 6.07) is 2.05. The number of hydrogen-bond donors (Lipinski definition) is 0. The Balaban J connectivity index is 3.01. The van der Waals surface area contributed by atoms with E-state index in [2.05, 4.69) is 45.8 Å². The molecule has 0 aliphatic carbocycles. The van der Waals surface area contributed by atoms with Crippen LogP contribution in [0.3, 0.4) is 0 Å². The molecule has 1 aromatic heterocycles. The quantitative estimate of drug-likeness (QED) is 0.746. The van der Waals surface area contributed by atoms with Crippen LogP contribution in [0.1, 0.15) is 37.0 Å². The number of halogens is 1. The topological polar surface area (TPSA) is 25.8 Å². The van der Waals surface area contributed by atoms with Crippen LogP contribution in [0.2, 0.25) is 0 Å². The van der Waals surface area contributed by atoms with Crippen molar-refractivity contribution in [3.63, 3.8) is 0 Å². The summed E-state index contributed by atoms with van der Waals surface area (Å²) in [5.41, 5.74) is 2.16. The fourth-order valence-corrected chi connectivity index (χ4v) is 1.49. The fourth-order valence-electron chi connectivity index (χ4n) is 1.21. The van der Waals surface area contributed by atoms with Gasteiger partial charge >= 0.3 is 0 Å². The maximum Gasteiger partial charge on any atom is 0.125 e. The predicted octanol–water partition coefficient (Wildman–Crippen LogP) is 2.98. The molecule has 0 amide bonds.